The van der Waals surface area contributed by atoms with E-state index in [2.05, 4.69) is 49.4 Å². The van der Waals surface area contributed by atoms with Gasteiger partial charge >= 0.3 is 0 Å². The van der Waals surface area contributed by atoms with Gasteiger partial charge in [-0.2, -0.15) is 0 Å². The van der Waals surface area contributed by atoms with Gasteiger partial charge in [0.15, 0.2) is 0 Å². The summed E-state index contributed by atoms with van der Waals surface area (Å²) in [6, 6.07) is 15.4. The molecule has 1 atom stereocenters. The Morgan fingerprint density at radius 2 is 1.63 bits per heavy atom. The van der Waals surface area contributed by atoms with Crippen LogP contribution in [0.5, 0.6) is 0 Å². The van der Waals surface area contributed by atoms with Crippen LogP contribution in [0, 0.1) is 11.8 Å². The van der Waals surface area contributed by atoms with Crippen molar-refractivity contribution in [1.82, 2.24) is 0 Å². The van der Waals surface area contributed by atoms with Gasteiger partial charge in [-0.25, -0.2) is 0 Å². The summed E-state index contributed by atoms with van der Waals surface area (Å²) in [5.41, 5.74) is 7.81. The Balaban J connectivity index is 1.83. The Morgan fingerprint density at radius 3 is 2.37 bits per heavy atom. The fourth-order valence-electron chi connectivity index (χ4n) is 3.33. The molecule has 100 valence electrons. The number of nitrogens with two attached hydrogens (primary N) is 1. The molecule has 3 rings (SSSR count). The molecule has 2 aromatic carbocycles. The van der Waals surface area contributed by atoms with Crippen molar-refractivity contribution in [1.29, 1.82) is 0 Å². The van der Waals surface area contributed by atoms with Crippen molar-refractivity contribution in [2.24, 2.45) is 17.6 Å². The Bertz CT molecular complexity index is 552. The molecule has 1 aliphatic rings. The summed E-state index contributed by atoms with van der Waals surface area (Å²) in [6.07, 6.45) is 5.25. The lowest BCUT2D eigenvalue weighted by Gasteiger charge is -2.31. The van der Waals surface area contributed by atoms with Gasteiger partial charge in [0.05, 0.1) is 0 Å². The standard InChI is InChI=1S/C18H23N/c1-13-6-8-15(9-7-13)18(19)17-11-10-14-4-2-3-5-16(14)12-17/h2-5,10-13,15,18H,6-9,19H2,1H3. The summed E-state index contributed by atoms with van der Waals surface area (Å²) < 4.78 is 0. The Morgan fingerprint density at radius 1 is 0.947 bits per heavy atom. The van der Waals surface area contributed by atoms with E-state index in [1.165, 1.54) is 42.0 Å². The van der Waals surface area contributed by atoms with E-state index < -0.39 is 0 Å². The summed E-state index contributed by atoms with van der Waals surface area (Å²) in [4.78, 5) is 0. The Hall–Kier alpha value is -1.34. The third kappa shape index (κ3) is 2.66. The smallest absolute Gasteiger partial charge is 0.0323 e. The Kier molecular flexibility index (Phi) is 3.56. The van der Waals surface area contributed by atoms with E-state index in [1.54, 1.807) is 0 Å². The summed E-state index contributed by atoms with van der Waals surface area (Å²) in [5, 5.41) is 2.61. The van der Waals surface area contributed by atoms with Gasteiger partial charge in [-0.15, -0.1) is 0 Å². The van der Waals surface area contributed by atoms with Gasteiger partial charge in [-0.05, 0) is 47.1 Å². The largest absolute Gasteiger partial charge is 0.324 e. The lowest BCUT2D eigenvalue weighted by atomic mass is 9.77. The van der Waals surface area contributed by atoms with Crippen molar-refractivity contribution in [3.05, 3.63) is 48.0 Å². The predicted octanol–water partition coefficient (Wildman–Crippen LogP) is 4.67. The van der Waals surface area contributed by atoms with E-state index in [4.69, 9.17) is 5.73 Å². The first-order valence-corrected chi connectivity index (χ1v) is 7.48. The highest BCUT2D eigenvalue weighted by atomic mass is 14.7. The van der Waals surface area contributed by atoms with Crippen LogP contribution in [0.2, 0.25) is 0 Å². The number of hydrogen-bond acceptors (Lipinski definition) is 1. The van der Waals surface area contributed by atoms with Crippen molar-refractivity contribution in [3.8, 4) is 0 Å². The van der Waals surface area contributed by atoms with E-state index in [-0.39, 0.29) is 6.04 Å². The second-order valence-corrected chi connectivity index (χ2v) is 6.15. The maximum atomic E-state index is 6.51. The van der Waals surface area contributed by atoms with Gasteiger partial charge < -0.3 is 5.73 Å². The molecule has 0 heterocycles. The zero-order valence-electron chi connectivity index (χ0n) is 11.7. The zero-order valence-corrected chi connectivity index (χ0v) is 11.7. The van der Waals surface area contributed by atoms with Crippen molar-refractivity contribution in [3.63, 3.8) is 0 Å². The van der Waals surface area contributed by atoms with Crippen LogP contribution in [-0.2, 0) is 0 Å². The molecule has 1 fully saturated rings. The van der Waals surface area contributed by atoms with E-state index >= 15 is 0 Å². The molecule has 19 heavy (non-hydrogen) atoms. The maximum Gasteiger partial charge on any atom is 0.0323 e. The predicted molar refractivity (Wildman–Crippen MR) is 82.0 cm³/mol. The molecule has 1 saturated carbocycles. The molecule has 1 aliphatic carbocycles. The highest BCUT2D eigenvalue weighted by Gasteiger charge is 2.24. The molecule has 1 unspecified atom stereocenters. The number of hydrogen-bond donors (Lipinski definition) is 1. The quantitative estimate of drug-likeness (QED) is 0.827. The molecular formula is C18H23N. The first-order chi connectivity index (χ1) is 9.24. The first-order valence-electron chi connectivity index (χ1n) is 7.48. The van der Waals surface area contributed by atoms with Crippen LogP contribution < -0.4 is 5.73 Å². The highest BCUT2D eigenvalue weighted by molar-refractivity contribution is 5.83. The SMILES string of the molecule is CC1CCC(C(N)c2ccc3ccccc3c2)CC1. The average molecular weight is 253 g/mol. The fraction of sp³-hybridized carbons (Fsp3) is 0.444. The maximum absolute atomic E-state index is 6.51. The topological polar surface area (TPSA) is 26.0 Å². The van der Waals surface area contributed by atoms with Crippen molar-refractivity contribution in [2.45, 2.75) is 38.6 Å². The minimum atomic E-state index is 0.206. The monoisotopic (exact) mass is 253 g/mol. The second kappa shape index (κ2) is 5.34. The van der Waals surface area contributed by atoms with Crippen LogP contribution in [0.25, 0.3) is 10.8 Å². The Labute approximate surface area is 115 Å². The van der Waals surface area contributed by atoms with E-state index in [1.807, 2.05) is 0 Å². The summed E-state index contributed by atoms with van der Waals surface area (Å²) in [6.45, 7) is 2.36. The van der Waals surface area contributed by atoms with Crippen LogP contribution >= 0.6 is 0 Å². The van der Waals surface area contributed by atoms with Crippen LogP contribution in [0.4, 0.5) is 0 Å². The van der Waals surface area contributed by atoms with Crippen molar-refractivity contribution >= 4 is 10.8 Å². The van der Waals surface area contributed by atoms with Gasteiger partial charge in [0.2, 0.25) is 0 Å². The number of rotatable bonds is 2. The summed E-state index contributed by atoms with van der Waals surface area (Å²) >= 11 is 0. The van der Waals surface area contributed by atoms with Gasteiger partial charge in [-0.1, -0.05) is 56.2 Å². The van der Waals surface area contributed by atoms with E-state index in [0.717, 1.165) is 5.92 Å². The highest BCUT2D eigenvalue weighted by Crippen LogP contribution is 2.36. The molecule has 0 spiro atoms. The molecule has 2 N–H and O–H groups in total. The van der Waals surface area contributed by atoms with E-state index in [0.29, 0.717) is 5.92 Å². The minimum Gasteiger partial charge on any atom is -0.324 e. The second-order valence-electron chi connectivity index (χ2n) is 6.15. The fourth-order valence-corrected chi connectivity index (χ4v) is 3.33. The molecule has 1 heteroatoms. The zero-order chi connectivity index (χ0) is 13.2. The molecule has 0 amide bonds. The molecule has 0 aliphatic heterocycles. The van der Waals surface area contributed by atoms with Gasteiger partial charge in [0.25, 0.3) is 0 Å². The average Bonchev–Trinajstić information content (AvgIpc) is 2.47. The molecule has 0 saturated heterocycles. The number of benzene rings is 2. The molecular weight excluding hydrogens is 230 g/mol. The third-order valence-corrected chi connectivity index (χ3v) is 4.73. The van der Waals surface area contributed by atoms with Crippen LogP contribution in [-0.4, -0.2) is 0 Å². The van der Waals surface area contributed by atoms with E-state index in [9.17, 15) is 0 Å². The lowest BCUT2D eigenvalue weighted by Crippen LogP contribution is -2.25. The number of fused-ring (bicyclic) bond motifs is 1. The lowest BCUT2D eigenvalue weighted by molar-refractivity contribution is 0.256. The minimum absolute atomic E-state index is 0.206. The molecule has 2 aromatic rings. The first kappa shape index (κ1) is 12.7. The van der Waals surface area contributed by atoms with Crippen LogP contribution in [0.3, 0.4) is 0 Å². The normalized spacial score (nSPS) is 25.4. The molecule has 1 nitrogen and oxygen atoms in total. The van der Waals surface area contributed by atoms with Gasteiger partial charge in [0, 0.05) is 6.04 Å². The van der Waals surface area contributed by atoms with Gasteiger partial charge in [0.1, 0.15) is 0 Å². The molecule has 0 bridgehead atoms. The third-order valence-electron chi connectivity index (χ3n) is 4.73. The van der Waals surface area contributed by atoms with Crippen molar-refractivity contribution < 1.29 is 0 Å². The summed E-state index contributed by atoms with van der Waals surface area (Å²) in [5.74, 6) is 1.55. The molecule has 0 aromatic heterocycles. The van der Waals surface area contributed by atoms with Crippen LogP contribution in [0.1, 0.15) is 44.2 Å². The summed E-state index contributed by atoms with van der Waals surface area (Å²) in [7, 11) is 0. The van der Waals surface area contributed by atoms with Crippen molar-refractivity contribution in [2.75, 3.05) is 0 Å². The molecule has 0 radical (unpaired) electrons. The van der Waals surface area contributed by atoms with Crippen LogP contribution in [0.15, 0.2) is 42.5 Å². The van der Waals surface area contributed by atoms with Gasteiger partial charge in [-0.3, -0.25) is 0 Å².